The van der Waals surface area contributed by atoms with E-state index in [0.29, 0.717) is 29.9 Å². The van der Waals surface area contributed by atoms with Crippen LogP contribution in [0.2, 0.25) is 0 Å². The molecular weight excluding hydrogens is 402 g/mol. The molecule has 0 bridgehead atoms. The summed E-state index contributed by atoms with van der Waals surface area (Å²) in [6.07, 6.45) is 4.47. The molecule has 0 saturated carbocycles. The number of carbonyl (C=O) groups is 1. The Morgan fingerprint density at radius 1 is 1.40 bits per heavy atom. The molecule has 2 heterocycles. The van der Waals surface area contributed by atoms with E-state index in [-0.39, 0.29) is 0 Å². The quantitative estimate of drug-likeness (QED) is 0.544. The van der Waals surface area contributed by atoms with Crippen LogP contribution in [0.1, 0.15) is 31.5 Å². The number of carbonyl (C=O) groups excluding carboxylic acids is 1. The summed E-state index contributed by atoms with van der Waals surface area (Å²) in [7, 11) is 1.90. The molecule has 0 saturated heterocycles. The van der Waals surface area contributed by atoms with E-state index >= 15 is 0 Å². The molecule has 0 radical (unpaired) electrons. The predicted octanol–water partition coefficient (Wildman–Crippen LogP) is 3.43. The van der Waals surface area contributed by atoms with Gasteiger partial charge >= 0.3 is 6.09 Å². The van der Waals surface area contributed by atoms with E-state index in [2.05, 4.69) is 32.2 Å². The van der Waals surface area contributed by atoms with Crippen molar-refractivity contribution in [3.63, 3.8) is 0 Å². The van der Waals surface area contributed by atoms with Gasteiger partial charge in [0.1, 0.15) is 23.1 Å². The lowest BCUT2D eigenvalue weighted by molar-refractivity contribution is 0.0529. The highest BCUT2D eigenvalue weighted by atomic mass is 32.1. The van der Waals surface area contributed by atoms with Crippen LogP contribution in [0.4, 0.5) is 21.6 Å². The maximum atomic E-state index is 11.8. The largest absolute Gasteiger partial charge is 0.444 e. The van der Waals surface area contributed by atoms with Crippen LogP contribution < -0.4 is 21.3 Å². The molecule has 0 fully saturated rings. The second kappa shape index (κ2) is 10.1. The Hall–Kier alpha value is -3.14. The number of alkyl carbamates (subject to hydrolysis) is 1. The summed E-state index contributed by atoms with van der Waals surface area (Å²) in [6, 6.07) is 1.83. The van der Waals surface area contributed by atoms with Gasteiger partial charge in [-0.3, -0.25) is 0 Å². The third kappa shape index (κ3) is 7.36. The Morgan fingerprint density at radius 2 is 2.13 bits per heavy atom. The topological polar surface area (TPSA) is 118 Å². The molecule has 0 aliphatic rings. The number of aryl methyl sites for hydroxylation is 1. The molecule has 2 aromatic rings. The number of nitrogens with zero attached hydrogens (tertiary/aromatic N) is 4. The fraction of sp³-hybridized carbons (Fsp3) is 0.400. The number of allylic oxidation sites excluding steroid dienone is 2. The Labute approximate surface area is 181 Å². The second-order valence-corrected chi connectivity index (χ2v) is 8.58. The van der Waals surface area contributed by atoms with Crippen molar-refractivity contribution in [2.24, 2.45) is 5.73 Å². The molecular formula is C20H29N7O2S. The average molecular weight is 432 g/mol. The van der Waals surface area contributed by atoms with Gasteiger partial charge in [-0.05, 0) is 45.5 Å². The number of rotatable bonds is 8. The summed E-state index contributed by atoms with van der Waals surface area (Å²) in [4.78, 5) is 27.9. The number of hydrogen-bond donors (Lipinski definition) is 3. The van der Waals surface area contributed by atoms with E-state index in [1.165, 1.54) is 17.5 Å². The number of aromatic nitrogens is 3. The fourth-order valence-electron chi connectivity index (χ4n) is 2.35. The third-order valence-electron chi connectivity index (χ3n) is 3.69. The highest BCUT2D eigenvalue weighted by Crippen LogP contribution is 2.27. The van der Waals surface area contributed by atoms with Gasteiger partial charge in [0, 0.05) is 32.4 Å². The maximum Gasteiger partial charge on any atom is 0.407 e. The maximum absolute atomic E-state index is 11.8. The number of amides is 1. The van der Waals surface area contributed by atoms with Crippen LogP contribution >= 0.6 is 11.3 Å². The van der Waals surface area contributed by atoms with Gasteiger partial charge in [0.05, 0.1) is 4.88 Å². The lowest BCUT2D eigenvalue weighted by Crippen LogP contribution is -2.37. The highest BCUT2D eigenvalue weighted by Gasteiger charge is 2.16. The molecule has 0 aromatic carbocycles. The molecule has 0 aliphatic heterocycles. The Balaban J connectivity index is 1.99. The lowest BCUT2D eigenvalue weighted by Gasteiger charge is -2.22. The van der Waals surface area contributed by atoms with E-state index in [4.69, 9.17) is 10.5 Å². The molecule has 0 spiro atoms. The monoisotopic (exact) mass is 431 g/mol. The molecule has 0 aliphatic carbocycles. The first-order valence-corrected chi connectivity index (χ1v) is 10.2. The van der Waals surface area contributed by atoms with Crippen molar-refractivity contribution in [1.82, 2.24) is 20.3 Å². The van der Waals surface area contributed by atoms with Crippen LogP contribution in [-0.2, 0) is 4.74 Å². The molecule has 9 nitrogen and oxygen atoms in total. The normalized spacial score (nSPS) is 11.4. The molecule has 2 aromatic heterocycles. The van der Waals surface area contributed by atoms with Crippen molar-refractivity contribution in [2.45, 2.75) is 33.3 Å². The third-order valence-corrected chi connectivity index (χ3v) is 4.67. The van der Waals surface area contributed by atoms with Gasteiger partial charge in [0.25, 0.3) is 0 Å². The summed E-state index contributed by atoms with van der Waals surface area (Å²) >= 11 is 1.45. The number of anilines is 3. The first-order valence-electron chi connectivity index (χ1n) is 9.41. The molecule has 4 N–H and O–H groups in total. The fourth-order valence-corrected chi connectivity index (χ4v) is 3.13. The minimum atomic E-state index is -0.525. The number of nitrogens with one attached hydrogen (secondary N) is 2. The standard InChI is InChI=1S/C20H29N7O2S/c1-13(7-8-21)15-12-23-18(30-15)26-16-11-17(25-14(2)24-16)27(6)10-9-22-19(28)29-20(3,4)5/h7-8,11-12H,1,9-10,21H2,2-6H3,(H,22,28)(H,23,24,25,26)/b8-7-. The van der Waals surface area contributed by atoms with Crippen LogP contribution in [-0.4, -0.2) is 46.8 Å². The van der Waals surface area contributed by atoms with Gasteiger partial charge in [-0.1, -0.05) is 17.9 Å². The molecule has 0 atom stereocenters. The Bertz CT molecular complexity index is 918. The number of ether oxygens (including phenoxy) is 1. The van der Waals surface area contributed by atoms with E-state index in [1.54, 1.807) is 12.3 Å². The van der Waals surface area contributed by atoms with E-state index in [0.717, 1.165) is 16.3 Å². The molecule has 10 heteroatoms. The summed E-state index contributed by atoms with van der Waals surface area (Å²) in [5.41, 5.74) is 5.68. The Morgan fingerprint density at radius 3 is 2.80 bits per heavy atom. The molecule has 0 unspecified atom stereocenters. The van der Waals surface area contributed by atoms with Crippen LogP contribution in [0, 0.1) is 6.92 Å². The van der Waals surface area contributed by atoms with Crippen LogP contribution in [0.15, 0.2) is 31.1 Å². The summed E-state index contributed by atoms with van der Waals surface area (Å²) in [5, 5.41) is 6.63. The van der Waals surface area contributed by atoms with Crippen molar-refractivity contribution in [3.05, 3.63) is 41.8 Å². The van der Waals surface area contributed by atoms with Gasteiger partial charge in [-0.2, -0.15) is 0 Å². The van der Waals surface area contributed by atoms with Crippen molar-refractivity contribution in [1.29, 1.82) is 0 Å². The van der Waals surface area contributed by atoms with Gasteiger partial charge in [0.2, 0.25) is 0 Å². The lowest BCUT2D eigenvalue weighted by atomic mass is 10.2. The number of likely N-dealkylation sites (N-methyl/N-ethyl adjacent to an activating group) is 1. The number of hydrogen-bond acceptors (Lipinski definition) is 9. The number of nitrogens with two attached hydrogens (primary N) is 1. The molecule has 1 amide bonds. The van der Waals surface area contributed by atoms with Crippen molar-refractivity contribution in [3.8, 4) is 0 Å². The van der Waals surface area contributed by atoms with Gasteiger partial charge in [0.15, 0.2) is 5.13 Å². The van der Waals surface area contributed by atoms with Crippen molar-refractivity contribution in [2.75, 3.05) is 30.4 Å². The molecule has 2 rings (SSSR count). The zero-order valence-corrected chi connectivity index (χ0v) is 18.8. The summed E-state index contributed by atoms with van der Waals surface area (Å²) in [6.45, 7) is 12.2. The smallest absolute Gasteiger partial charge is 0.407 e. The van der Waals surface area contributed by atoms with Gasteiger partial charge in [-0.25, -0.2) is 19.7 Å². The van der Waals surface area contributed by atoms with E-state index < -0.39 is 11.7 Å². The zero-order valence-electron chi connectivity index (χ0n) is 18.0. The highest BCUT2D eigenvalue weighted by molar-refractivity contribution is 7.16. The predicted molar refractivity (Wildman–Crippen MR) is 122 cm³/mol. The van der Waals surface area contributed by atoms with E-state index in [9.17, 15) is 4.79 Å². The van der Waals surface area contributed by atoms with Gasteiger partial charge in [-0.15, -0.1) is 0 Å². The molecule has 162 valence electrons. The number of thiazole rings is 1. The summed E-state index contributed by atoms with van der Waals surface area (Å²) in [5.74, 6) is 1.97. The zero-order chi connectivity index (χ0) is 22.3. The van der Waals surface area contributed by atoms with Crippen LogP contribution in [0.5, 0.6) is 0 Å². The second-order valence-electron chi connectivity index (χ2n) is 7.55. The summed E-state index contributed by atoms with van der Waals surface area (Å²) < 4.78 is 5.24. The first kappa shape index (κ1) is 23.1. The van der Waals surface area contributed by atoms with E-state index in [1.807, 2.05) is 45.7 Å². The Kier molecular flexibility index (Phi) is 7.76. The van der Waals surface area contributed by atoms with Crippen molar-refractivity contribution < 1.29 is 9.53 Å². The van der Waals surface area contributed by atoms with Gasteiger partial charge < -0.3 is 26.0 Å². The minimum Gasteiger partial charge on any atom is -0.444 e. The van der Waals surface area contributed by atoms with Crippen molar-refractivity contribution >= 4 is 39.8 Å². The minimum absolute atomic E-state index is 0.420. The SMILES string of the molecule is C=C(/C=C\N)c1cnc(Nc2cc(N(C)CCNC(=O)OC(C)(C)C)nc(C)n2)s1. The van der Waals surface area contributed by atoms with Crippen LogP contribution in [0.25, 0.3) is 5.57 Å². The average Bonchev–Trinajstić information content (AvgIpc) is 3.08. The first-order chi connectivity index (χ1) is 14.1. The molecule has 30 heavy (non-hydrogen) atoms. The van der Waals surface area contributed by atoms with Crippen LogP contribution in [0.3, 0.4) is 0 Å².